The lowest BCUT2D eigenvalue weighted by atomic mass is 10.1. The van der Waals surface area contributed by atoms with E-state index < -0.39 is 0 Å². The van der Waals surface area contributed by atoms with Gasteiger partial charge >= 0.3 is 0 Å². The quantitative estimate of drug-likeness (QED) is 0.872. The van der Waals surface area contributed by atoms with Gasteiger partial charge in [0.1, 0.15) is 0 Å². The van der Waals surface area contributed by atoms with E-state index >= 15 is 0 Å². The average molecular weight is 241 g/mol. The van der Waals surface area contributed by atoms with Gasteiger partial charge in [-0.15, -0.1) is 0 Å². The van der Waals surface area contributed by atoms with Crippen LogP contribution >= 0.6 is 0 Å². The van der Waals surface area contributed by atoms with E-state index in [1.165, 1.54) is 25.0 Å². The van der Waals surface area contributed by atoms with Crippen molar-refractivity contribution in [2.24, 2.45) is 5.92 Å². The lowest BCUT2D eigenvalue weighted by molar-refractivity contribution is 0.490. The minimum atomic E-state index is 0.403. The molecule has 1 aliphatic carbocycles. The maximum atomic E-state index is 4.46. The van der Waals surface area contributed by atoms with Crippen molar-refractivity contribution in [3.8, 4) is 5.69 Å². The number of rotatable bonds is 5. The predicted octanol–water partition coefficient (Wildman–Crippen LogP) is 2.93. The third kappa shape index (κ3) is 2.31. The van der Waals surface area contributed by atoms with Gasteiger partial charge in [0.15, 0.2) is 0 Å². The molecule has 2 aromatic rings. The van der Waals surface area contributed by atoms with Crippen molar-refractivity contribution in [3.05, 3.63) is 48.3 Å². The second-order valence-corrected chi connectivity index (χ2v) is 5.02. The summed E-state index contributed by atoms with van der Waals surface area (Å²) in [7, 11) is 2.04. The zero-order chi connectivity index (χ0) is 12.4. The highest BCUT2D eigenvalue weighted by atomic mass is 15.3. The Morgan fingerprint density at radius 1 is 1.28 bits per heavy atom. The Kier molecular flexibility index (Phi) is 3.15. The molecule has 1 aromatic heterocycles. The molecule has 94 valence electrons. The van der Waals surface area contributed by atoms with Gasteiger partial charge in [-0.25, -0.2) is 4.68 Å². The molecular formula is C15H19N3. The monoisotopic (exact) mass is 241 g/mol. The lowest BCUT2D eigenvalue weighted by Crippen LogP contribution is -2.20. The lowest BCUT2D eigenvalue weighted by Gasteiger charge is -2.17. The molecule has 3 nitrogen and oxygen atoms in total. The van der Waals surface area contributed by atoms with Crippen LogP contribution in [0, 0.1) is 5.92 Å². The SMILES string of the molecule is CNC(CC1CC1)c1ccnn1-c1ccccc1. The Hall–Kier alpha value is -1.61. The molecule has 0 saturated heterocycles. The van der Waals surface area contributed by atoms with Crippen LogP contribution in [-0.4, -0.2) is 16.8 Å². The number of para-hydroxylation sites is 1. The Labute approximate surface area is 108 Å². The van der Waals surface area contributed by atoms with Gasteiger partial charge in [0, 0.05) is 12.2 Å². The second kappa shape index (κ2) is 4.94. The Morgan fingerprint density at radius 3 is 2.72 bits per heavy atom. The van der Waals surface area contributed by atoms with Crippen LogP contribution in [0.25, 0.3) is 5.69 Å². The molecule has 1 aliphatic rings. The minimum Gasteiger partial charge on any atom is -0.312 e. The molecule has 18 heavy (non-hydrogen) atoms. The fourth-order valence-corrected chi connectivity index (χ4v) is 2.44. The van der Waals surface area contributed by atoms with Crippen molar-refractivity contribution in [1.82, 2.24) is 15.1 Å². The molecule has 1 N–H and O–H groups in total. The van der Waals surface area contributed by atoms with Crippen molar-refractivity contribution in [3.63, 3.8) is 0 Å². The highest BCUT2D eigenvalue weighted by Crippen LogP contribution is 2.37. The maximum absolute atomic E-state index is 4.46. The molecule has 1 saturated carbocycles. The number of nitrogens with zero attached hydrogens (tertiary/aromatic N) is 2. The van der Waals surface area contributed by atoms with Crippen molar-refractivity contribution in [2.45, 2.75) is 25.3 Å². The summed E-state index contributed by atoms with van der Waals surface area (Å²) in [6.07, 6.45) is 5.88. The second-order valence-electron chi connectivity index (χ2n) is 5.02. The Balaban J connectivity index is 1.89. The van der Waals surface area contributed by atoms with Crippen molar-refractivity contribution in [1.29, 1.82) is 0 Å². The van der Waals surface area contributed by atoms with E-state index in [0.29, 0.717) is 6.04 Å². The van der Waals surface area contributed by atoms with Crippen molar-refractivity contribution in [2.75, 3.05) is 7.05 Å². The van der Waals surface area contributed by atoms with Crippen LogP contribution in [-0.2, 0) is 0 Å². The fraction of sp³-hybridized carbons (Fsp3) is 0.400. The summed E-state index contributed by atoms with van der Waals surface area (Å²) in [5.41, 5.74) is 2.39. The van der Waals surface area contributed by atoms with Crippen LogP contribution in [0.3, 0.4) is 0 Å². The minimum absolute atomic E-state index is 0.403. The molecule has 0 radical (unpaired) electrons. The first-order valence-corrected chi connectivity index (χ1v) is 6.65. The summed E-state index contributed by atoms with van der Waals surface area (Å²) in [4.78, 5) is 0. The van der Waals surface area contributed by atoms with Crippen LogP contribution in [0.15, 0.2) is 42.6 Å². The van der Waals surface area contributed by atoms with E-state index in [4.69, 9.17) is 0 Å². The summed E-state index contributed by atoms with van der Waals surface area (Å²) < 4.78 is 2.05. The highest BCUT2D eigenvalue weighted by Gasteiger charge is 2.27. The zero-order valence-electron chi connectivity index (χ0n) is 10.7. The van der Waals surface area contributed by atoms with E-state index in [9.17, 15) is 0 Å². The van der Waals surface area contributed by atoms with E-state index in [2.05, 4.69) is 40.7 Å². The number of nitrogens with one attached hydrogen (secondary N) is 1. The molecule has 3 heteroatoms. The van der Waals surface area contributed by atoms with E-state index in [1.54, 1.807) is 0 Å². The van der Waals surface area contributed by atoms with Gasteiger partial charge in [0.2, 0.25) is 0 Å². The molecule has 1 unspecified atom stereocenters. The molecule has 0 aliphatic heterocycles. The van der Waals surface area contributed by atoms with Gasteiger partial charge in [-0.1, -0.05) is 31.0 Å². The molecule has 1 aromatic carbocycles. The first-order chi connectivity index (χ1) is 8.88. The smallest absolute Gasteiger partial charge is 0.0649 e. The number of hydrogen-bond acceptors (Lipinski definition) is 2. The maximum Gasteiger partial charge on any atom is 0.0649 e. The first-order valence-electron chi connectivity index (χ1n) is 6.65. The summed E-state index contributed by atoms with van der Waals surface area (Å²) >= 11 is 0. The molecule has 1 fully saturated rings. The summed E-state index contributed by atoms with van der Waals surface area (Å²) in [5, 5.41) is 7.88. The molecule has 0 spiro atoms. The number of benzene rings is 1. The molecule has 0 amide bonds. The highest BCUT2D eigenvalue weighted by molar-refractivity contribution is 5.33. The Bertz CT molecular complexity index is 499. The largest absolute Gasteiger partial charge is 0.312 e. The molecule has 1 atom stereocenters. The van der Waals surface area contributed by atoms with Gasteiger partial charge in [-0.05, 0) is 37.6 Å². The van der Waals surface area contributed by atoms with Crippen molar-refractivity contribution < 1.29 is 0 Å². The fourth-order valence-electron chi connectivity index (χ4n) is 2.44. The van der Waals surface area contributed by atoms with Crippen molar-refractivity contribution >= 4 is 0 Å². The Morgan fingerprint density at radius 2 is 2.06 bits per heavy atom. The van der Waals surface area contributed by atoms with Crippen LogP contribution in [0.5, 0.6) is 0 Å². The van der Waals surface area contributed by atoms with Crippen LogP contribution in [0.4, 0.5) is 0 Å². The summed E-state index contributed by atoms with van der Waals surface area (Å²) in [6, 6.07) is 12.9. The van der Waals surface area contributed by atoms with Crippen LogP contribution in [0.2, 0.25) is 0 Å². The summed E-state index contributed by atoms with van der Waals surface area (Å²) in [6.45, 7) is 0. The van der Waals surface area contributed by atoms with Crippen LogP contribution < -0.4 is 5.32 Å². The van der Waals surface area contributed by atoms with Gasteiger partial charge in [0.05, 0.1) is 11.4 Å². The third-order valence-electron chi connectivity index (χ3n) is 3.64. The number of aromatic nitrogens is 2. The van der Waals surface area contributed by atoms with E-state index in [-0.39, 0.29) is 0 Å². The van der Waals surface area contributed by atoms with Crippen LogP contribution in [0.1, 0.15) is 31.0 Å². The third-order valence-corrected chi connectivity index (χ3v) is 3.64. The molecular weight excluding hydrogens is 222 g/mol. The van der Waals surface area contributed by atoms with E-state index in [0.717, 1.165) is 11.6 Å². The normalized spacial score (nSPS) is 16.7. The summed E-state index contributed by atoms with van der Waals surface area (Å²) in [5.74, 6) is 0.904. The van der Waals surface area contributed by atoms with Gasteiger partial charge in [-0.3, -0.25) is 0 Å². The topological polar surface area (TPSA) is 29.9 Å². The predicted molar refractivity (Wildman–Crippen MR) is 72.7 cm³/mol. The standard InChI is InChI=1S/C15H19N3/c1-16-14(11-12-7-8-12)15-9-10-17-18(15)13-5-3-2-4-6-13/h2-6,9-10,12,14,16H,7-8,11H2,1H3. The molecule has 0 bridgehead atoms. The van der Waals surface area contributed by atoms with Gasteiger partial charge in [0.25, 0.3) is 0 Å². The molecule has 1 heterocycles. The molecule has 3 rings (SSSR count). The van der Waals surface area contributed by atoms with E-state index in [1.807, 2.05) is 24.0 Å². The number of hydrogen-bond donors (Lipinski definition) is 1. The first kappa shape index (κ1) is 11.5. The van der Waals surface area contributed by atoms with Gasteiger partial charge < -0.3 is 5.32 Å². The average Bonchev–Trinajstić information content (AvgIpc) is 3.11. The zero-order valence-corrected chi connectivity index (χ0v) is 10.7. The van der Waals surface area contributed by atoms with Gasteiger partial charge in [-0.2, -0.15) is 5.10 Å².